The van der Waals surface area contributed by atoms with Crippen molar-refractivity contribution >= 4 is 23.5 Å². The maximum atomic E-state index is 11.7. The molecular formula is C19H17NO2. The molecule has 0 amide bonds. The van der Waals surface area contributed by atoms with Crippen molar-refractivity contribution in [2.75, 3.05) is 19.0 Å². The molecule has 0 fully saturated rings. The number of anilines is 1. The highest BCUT2D eigenvalue weighted by Crippen LogP contribution is 2.29. The fraction of sp³-hybridized carbons (Fsp3) is 0.105. The molecule has 0 spiro atoms. The van der Waals surface area contributed by atoms with Crippen LogP contribution in [0.3, 0.4) is 0 Å². The maximum absolute atomic E-state index is 11.7. The second-order valence-corrected chi connectivity index (χ2v) is 5.31. The average Bonchev–Trinajstić information content (AvgIpc) is 2.85. The molecular weight excluding hydrogens is 274 g/mol. The predicted octanol–water partition coefficient (Wildman–Crippen LogP) is 3.98. The van der Waals surface area contributed by atoms with Crippen molar-refractivity contribution in [2.45, 2.75) is 0 Å². The Morgan fingerprint density at radius 3 is 2.32 bits per heavy atom. The number of carbonyl (C=O) groups excluding carboxylic acids is 1. The van der Waals surface area contributed by atoms with Crippen LogP contribution in [-0.2, 0) is 4.74 Å². The molecule has 0 aromatic heterocycles. The number of esters is 1. The highest BCUT2D eigenvalue weighted by molar-refractivity contribution is 6.03. The zero-order valence-electron chi connectivity index (χ0n) is 12.6. The Morgan fingerprint density at radius 2 is 1.64 bits per heavy atom. The Morgan fingerprint density at radius 1 is 0.955 bits per heavy atom. The largest absolute Gasteiger partial charge is 0.422 e. The number of rotatable bonds is 3. The van der Waals surface area contributed by atoms with Crippen LogP contribution in [0.4, 0.5) is 5.69 Å². The molecule has 3 nitrogen and oxygen atoms in total. The number of fused-ring (bicyclic) bond motifs is 1. The highest BCUT2D eigenvalue weighted by atomic mass is 16.5. The Hall–Kier alpha value is -2.81. The fourth-order valence-corrected chi connectivity index (χ4v) is 2.34. The lowest BCUT2D eigenvalue weighted by molar-refractivity contribution is 0.0716. The smallest absolute Gasteiger partial charge is 0.344 e. The van der Waals surface area contributed by atoms with E-state index in [1.54, 1.807) is 6.07 Å². The molecule has 3 heteroatoms. The van der Waals surface area contributed by atoms with E-state index in [9.17, 15) is 4.79 Å². The second kappa shape index (κ2) is 5.90. The monoisotopic (exact) mass is 291 g/mol. The SMILES string of the molecule is CN(C)c1ccc(C=CC=C2OC(=O)c3ccccc32)cc1. The van der Waals surface area contributed by atoms with Crippen LogP contribution in [0, 0.1) is 0 Å². The van der Waals surface area contributed by atoms with Crippen LogP contribution in [0.5, 0.6) is 0 Å². The standard InChI is InChI=1S/C19H17NO2/c1-20(2)15-12-10-14(11-13-15)6-5-9-18-16-7-3-4-8-17(16)19(21)22-18/h3-13H,1-2H3. The van der Waals surface area contributed by atoms with Gasteiger partial charge in [-0.1, -0.05) is 42.5 Å². The summed E-state index contributed by atoms with van der Waals surface area (Å²) in [6.45, 7) is 0. The topological polar surface area (TPSA) is 29.5 Å². The summed E-state index contributed by atoms with van der Waals surface area (Å²) in [6, 6.07) is 15.7. The minimum atomic E-state index is -0.286. The summed E-state index contributed by atoms with van der Waals surface area (Å²) in [5.41, 5.74) is 3.73. The van der Waals surface area contributed by atoms with Gasteiger partial charge in [0.25, 0.3) is 0 Å². The van der Waals surface area contributed by atoms with Crippen LogP contribution in [0.15, 0.2) is 60.7 Å². The number of carbonyl (C=O) groups is 1. The van der Waals surface area contributed by atoms with Crippen molar-refractivity contribution in [1.82, 2.24) is 0 Å². The predicted molar refractivity (Wildman–Crippen MR) is 89.6 cm³/mol. The molecule has 22 heavy (non-hydrogen) atoms. The van der Waals surface area contributed by atoms with Crippen molar-refractivity contribution in [3.8, 4) is 0 Å². The first-order chi connectivity index (χ1) is 10.6. The zero-order chi connectivity index (χ0) is 15.5. The summed E-state index contributed by atoms with van der Waals surface area (Å²) in [5.74, 6) is 0.312. The number of benzene rings is 2. The second-order valence-electron chi connectivity index (χ2n) is 5.31. The third-order valence-electron chi connectivity index (χ3n) is 3.56. The molecule has 0 aliphatic carbocycles. The van der Waals surface area contributed by atoms with Crippen molar-refractivity contribution in [3.05, 3.63) is 77.4 Å². The lowest BCUT2D eigenvalue weighted by Gasteiger charge is -2.11. The van der Waals surface area contributed by atoms with E-state index in [1.165, 1.54) is 0 Å². The van der Waals surface area contributed by atoms with Crippen LogP contribution in [0.25, 0.3) is 11.8 Å². The minimum Gasteiger partial charge on any atom is -0.422 e. The molecule has 1 aliphatic heterocycles. The Labute approximate surface area is 130 Å². The summed E-state index contributed by atoms with van der Waals surface area (Å²) in [5, 5.41) is 0. The van der Waals surface area contributed by atoms with E-state index in [0.29, 0.717) is 11.3 Å². The van der Waals surface area contributed by atoms with E-state index in [0.717, 1.165) is 16.8 Å². The first-order valence-electron chi connectivity index (χ1n) is 7.12. The van der Waals surface area contributed by atoms with Gasteiger partial charge in [0, 0.05) is 25.3 Å². The zero-order valence-corrected chi connectivity index (χ0v) is 12.6. The summed E-state index contributed by atoms with van der Waals surface area (Å²) in [7, 11) is 4.03. The van der Waals surface area contributed by atoms with Gasteiger partial charge >= 0.3 is 5.97 Å². The number of ether oxygens (including phenoxy) is 1. The van der Waals surface area contributed by atoms with E-state index in [-0.39, 0.29) is 5.97 Å². The first-order valence-corrected chi connectivity index (χ1v) is 7.12. The molecule has 0 radical (unpaired) electrons. The minimum absolute atomic E-state index is 0.286. The van der Waals surface area contributed by atoms with Gasteiger partial charge in [0.1, 0.15) is 5.76 Å². The van der Waals surface area contributed by atoms with Crippen molar-refractivity contribution in [1.29, 1.82) is 0 Å². The lowest BCUT2D eigenvalue weighted by atomic mass is 10.1. The number of hydrogen-bond acceptors (Lipinski definition) is 3. The molecule has 3 rings (SSSR count). The van der Waals surface area contributed by atoms with E-state index < -0.39 is 0 Å². The molecule has 110 valence electrons. The molecule has 1 aliphatic rings. The van der Waals surface area contributed by atoms with Crippen molar-refractivity contribution < 1.29 is 9.53 Å². The third kappa shape index (κ3) is 2.79. The van der Waals surface area contributed by atoms with Gasteiger partial charge in [-0.25, -0.2) is 4.79 Å². The summed E-state index contributed by atoms with van der Waals surface area (Å²) in [4.78, 5) is 13.8. The number of hydrogen-bond donors (Lipinski definition) is 0. The fourth-order valence-electron chi connectivity index (χ4n) is 2.34. The van der Waals surface area contributed by atoms with Crippen LogP contribution >= 0.6 is 0 Å². The maximum Gasteiger partial charge on any atom is 0.344 e. The van der Waals surface area contributed by atoms with Gasteiger partial charge in [-0.2, -0.15) is 0 Å². The normalized spacial score (nSPS) is 15.2. The van der Waals surface area contributed by atoms with Gasteiger partial charge in [-0.15, -0.1) is 0 Å². The molecule has 0 atom stereocenters. The number of cyclic esters (lactones) is 1. The average molecular weight is 291 g/mol. The summed E-state index contributed by atoms with van der Waals surface area (Å²) in [6.07, 6.45) is 5.71. The Balaban J connectivity index is 1.78. The van der Waals surface area contributed by atoms with Gasteiger partial charge in [0.15, 0.2) is 0 Å². The molecule has 0 saturated carbocycles. The molecule has 0 saturated heterocycles. The van der Waals surface area contributed by atoms with Gasteiger partial charge in [-0.05, 0) is 29.8 Å². The molecule has 2 aromatic carbocycles. The summed E-state index contributed by atoms with van der Waals surface area (Å²) < 4.78 is 5.28. The Kier molecular flexibility index (Phi) is 3.79. The van der Waals surface area contributed by atoms with Gasteiger partial charge in [-0.3, -0.25) is 0 Å². The van der Waals surface area contributed by atoms with Crippen LogP contribution < -0.4 is 4.90 Å². The molecule has 0 N–H and O–H groups in total. The first kappa shape index (κ1) is 14.1. The van der Waals surface area contributed by atoms with Gasteiger partial charge in [0.05, 0.1) is 5.56 Å². The molecule has 2 aromatic rings. The van der Waals surface area contributed by atoms with Crippen molar-refractivity contribution in [3.63, 3.8) is 0 Å². The summed E-state index contributed by atoms with van der Waals surface area (Å²) >= 11 is 0. The lowest BCUT2D eigenvalue weighted by Crippen LogP contribution is -2.07. The quantitative estimate of drug-likeness (QED) is 0.801. The van der Waals surface area contributed by atoms with Crippen LogP contribution in [-0.4, -0.2) is 20.1 Å². The van der Waals surface area contributed by atoms with Gasteiger partial charge < -0.3 is 9.64 Å². The van der Waals surface area contributed by atoms with E-state index >= 15 is 0 Å². The van der Waals surface area contributed by atoms with Crippen LogP contribution in [0.2, 0.25) is 0 Å². The molecule has 0 bridgehead atoms. The number of allylic oxidation sites excluding steroid dienone is 2. The van der Waals surface area contributed by atoms with Crippen molar-refractivity contribution in [2.24, 2.45) is 0 Å². The van der Waals surface area contributed by atoms with E-state index in [4.69, 9.17) is 4.74 Å². The van der Waals surface area contributed by atoms with Gasteiger partial charge in [0.2, 0.25) is 0 Å². The Bertz CT molecular complexity index is 755. The van der Waals surface area contributed by atoms with Crippen LogP contribution in [0.1, 0.15) is 21.5 Å². The molecule has 0 unspecified atom stereocenters. The van der Waals surface area contributed by atoms with E-state index in [1.807, 2.05) is 50.5 Å². The molecule has 1 heterocycles. The highest BCUT2D eigenvalue weighted by Gasteiger charge is 2.24. The van der Waals surface area contributed by atoms with E-state index in [2.05, 4.69) is 29.2 Å². The third-order valence-corrected chi connectivity index (χ3v) is 3.56. The number of nitrogens with zero attached hydrogens (tertiary/aromatic N) is 1.